The second-order valence-corrected chi connectivity index (χ2v) is 15.6. The maximum absolute atomic E-state index is 15.4. The predicted molar refractivity (Wildman–Crippen MR) is 217 cm³/mol. The van der Waals surface area contributed by atoms with Crippen LogP contribution in [0.4, 0.5) is 15.8 Å². The topological polar surface area (TPSA) is 116 Å². The number of nitrogens with one attached hydrogen (secondary N) is 1. The first-order chi connectivity index (χ1) is 28.1. The van der Waals surface area contributed by atoms with E-state index >= 15 is 4.79 Å². The summed E-state index contributed by atoms with van der Waals surface area (Å²) in [5.74, 6) is -6.41. The number of allylic oxidation sites excluding steroid dienone is 2. The Hall–Kier alpha value is -6.52. The van der Waals surface area contributed by atoms with Gasteiger partial charge < -0.3 is 9.84 Å². The smallest absolute Gasteiger partial charge is 0.260 e. The molecule has 0 radical (unpaired) electrons. The molecule has 3 fully saturated rings. The van der Waals surface area contributed by atoms with Gasteiger partial charge in [-0.2, -0.15) is 5.01 Å². The molecule has 9 nitrogen and oxygen atoms in total. The van der Waals surface area contributed by atoms with Crippen molar-refractivity contribution >= 4 is 52.7 Å². The summed E-state index contributed by atoms with van der Waals surface area (Å²) in [5.41, 5.74) is 5.29. The van der Waals surface area contributed by atoms with E-state index in [0.29, 0.717) is 38.8 Å². The first-order valence-corrected chi connectivity index (χ1v) is 19.4. The minimum absolute atomic E-state index is 0.0552. The molecule has 1 saturated carbocycles. The molecule has 5 aromatic carbocycles. The van der Waals surface area contributed by atoms with Crippen LogP contribution >= 0.6 is 11.6 Å². The molecule has 2 aliphatic carbocycles. The van der Waals surface area contributed by atoms with E-state index in [9.17, 15) is 23.9 Å². The molecule has 9 rings (SSSR count). The van der Waals surface area contributed by atoms with Gasteiger partial charge in [0.25, 0.3) is 11.8 Å². The Morgan fingerprint density at radius 2 is 1.59 bits per heavy atom. The molecule has 4 amide bonds. The molecule has 4 aliphatic rings. The number of phenolic OH excluding ortho intramolecular Hbond substituents is 1. The van der Waals surface area contributed by atoms with Gasteiger partial charge in [0.05, 0.1) is 34.5 Å². The number of hydrogen-bond donors (Lipinski definition) is 2. The molecule has 0 aromatic heterocycles. The first-order valence-electron chi connectivity index (χ1n) is 19.1. The molecule has 0 spiro atoms. The summed E-state index contributed by atoms with van der Waals surface area (Å²) in [5, 5.41) is 13.4. The zero-order valence-corrected chi connectivity index (χ0v) is 31.8. The van der Waals surface area contributed by atoms with E-state index in [4.69, 9.17) is 16.3 Å². The van der Waals surface area contributed by atoms with Crippen LogP contribution in [-0.4, -0.2) is 33.7 Å². The lowest BCUT2D eigenvalue weighted by molar-refractivity contribution is -0.138. The fourth-order valence-corrected chi connectivity index (χ4v) is 9.74. The molecule has 2 saturated heterocycles. The number of amides is 4. The van der Waals surface area contributed by atoms with Crippen LogP contribution in [0.2, 0.25) is 5.02 Å². The molecule has 0 bridgehead atoms. The van der Waals surface area contributed by atoms with Crippen LogP contribution in [0.3, 0.4) is 0 Å². The van der Waals surface area contributed by atoms with Gasteiger partial charge in [-0.3, -0.25) is 29.5 Å². The number of fused-ring (bicyclic) bond motifs is 4. The monoisotopic (exact) mass is 793 g/mol. The van der Waals surface area contributed by atoms with Crippen LogP contribution in [0.1, 0.15) is 41.0 Å². The van der Waals surface area contributed by atoms with Gasteiger partial charge in [0.2, 0.25) is 11.8 Å². The second-order valence-electron chi connectivity index (χ2n) is 15.2. The van der Waals surface area contributed by atoms with E-state index in [2.05, 4.69) is 12.0 Å². The number of halogens is 2. The molecule has 11 heteroatoms. The number of hydrogen-bond acceptors (Lipinski definition) is 7. The third kappa shape index (κ3) is 5.89. The molecule has 5 aromatic rings. The van der Waals surface area contributed by atoms with Crippen molar-refractivity contribution in [2.75, 3.05) is 10.3 Å². The Morgan fingerprint density at radius 1 is 0.862 bits per heavy atom. The van der Waals surface area contributed by atoms with Gasteiger partial charge in [0.1, 0.15) is 23.9 Å². The van der Waals surface area contributed by atoms with Gasteiger partial charge in [0, 0.05) is 22.6 Å². The zero-order valence-electron chi connectivity index (χ0n) is 31.1. The highest BCUT2D eigenvalue weighted by Gasteiger charge is 2.70. The average Bonchev–Trinajstić information content (AvgIpc) is 3.62. The number of ether oxygens (including phenoxy) is 1. The van der Waals surface area contributed by atoms with Crippen molar-refractivity contribution in [1.82, 2.24) is 5.01 Å². The molecule has 290 valence electrons. The Bertz CT molecular complexity index is 2510. The number of phenols is 1. The van der Waals surface area contributed by atoms with Crippen molar-refractivity contribution in [2.45, 2.75) is 30.8 Å². The molecule has 0 unspecified atom stereocenters. The molecule has 2 N–H and O–H groups in total. The molecule has 2 heterocycles. The van der Waals surface area contributed by atoms with Crippen LogP contribution < -0.4 is 15.1 Å². The quantitative estimate of drug-likeness (QED) is 0.114. The molecule has 6 atom stereocenters. The normalized spacial score (nSPS) is 24.9. The van der Waals surface area contributed by atoms with E-state index in [0.717, 1.165) is 16.1 Å². The average molecular weight is 794 g/mol. The van der Waals surface area contributed by atoms with E-state index in [1.54, 1.807) is 66.7 Å². The fourth-order valence-electron chi connectivity index (χ4n) is 9.61. The summed E-state index contributed by atoms with van der Waals surface area (Å²) < 4.78 is 20.0. The second kappa shape index (κ2) is 14.5. The number of rotatable bonds is 9. The number of anilines is 2. The van der Waals surface area contributed by atoms with Crippen molar-refractivity contribution in [2.24, 2.45) is 23.7 Å². The lowest BCUT2D eigenvalue weighted by Crippen LogP contribution is -2.53. The van der Waals surface area contributed by atoms with E-state index < -0.39 is 52.6 Å². The molecular weight excluding hydrogens is 757 g/mol. The van der Waals surface area contributed by atoms with Gasteiger partial charge >= 0.3 is 0 Å². The molecule has 58 heavy (non-hydrogen) atoms. The summed E-state index contributed by atoms with van der Waals surface area (Å²) in [4.78, 5) is 60.4. The SMILES string of the molecule is C=Cc1ccc(N2C(=O)[C@H]3[C@H](CC=C4[C@H]3C[C@H]3C(=O)N(Nc5ccc(F)cc5)C(=O)[C@@]3(c3ccc(Cl)cc3)[C@H]4c3ccc(OCc4ccccc4)cc3O)C2=O)cc1. The van der Waals surface area contributed by atoms with Crippen LogP contribution in [-0.2, 0) is 31.2 Å². The minimum Gasteiger partial charge on any atom is -0.508 e. The number of carbonyl (C=O) groups is 4. The van der Waals surface area contributed by atoms with Crippen LogP contribution in [0.5, 0.6) is 11.5 Å². The number of nitrogens with zero attached hydrogens (tertiary/aromatic N) is 2. The van der Waals surface area contributed by atoms with Crippen molar-refractivity contribution < 1.29 is 33.4 Å². The summed E-state index contributed by atoms with van der Waals surface area (Å²) in [7, 11) is 0. The predicted octanol–water partition coefficient (Wildman–Crippen LogP) is 8.60. The highest BCUT2D eigenvalue weighted by molar-refractivity contribution is 6.30. The van der Waals surface area contributed by atoms with Crippen molar-refractivity contribution in [3.8, 4) is 11.5 Å². The van der Waals surface area contributed by atoms with E-state index in [-0.39, 0.29) is 37.0 Å². The number of aromatic hydroxyl groups is 1. The lowest BCUT2D eigenvalue weighted by Gasteiger charge is -2.50. The van der Waals surface area contributed by atoms with Gasteiger partial charge in [-0.15, -0.1) is 0 Å². The number of carbonyl (C=O) groups excluding carboxylic acids is 4. The standard InChI is InChI=1S/C47H37ClFN3O6/c1-2-27-8-18-33(19-9-27)51-43(54)37-23-22-35-38(41(37)45(51)56)25-39-44(55)52(50-32-16-14-31(49)15-17-32)46(57)47(39,29-10-12-30(48)13-11-29)42(35)36-21-20-34(24-40(36)53)58-26-28-6-4-3-5-7-28/h2-22,24,37-39,41-42,50,53H,1,23,25-26H2/t37-,38+,39-,41-,42+,47+/m0/s1. The van der Waals surface area contributed by atoms with Crippen molar-refractivity contribution in [3.63, 3.8) is 0 Å². The van der Waals surface area contributed by atoms with Crippen LogP contribution in [0.25, 0.3) is 6.08 Å². The summed E-state index contributed by atoms with van der Waals surface area (Å²) in [6, 6.07) is 33.5. The Morgan fingerprint density at radius 3 is 2.28 bits per heavy atom. The first kappa shape index (κ1) is 37.1. The Balaban J connectivity index is 1.20. The summed E-state index contributed by atoms with van der Waals surface area (Å²) >= 11 is 6.41. The van der Waals surface area contributed by atoms with E-state index in [1.165, 1.54) is 35.2 Å². The minimum atomic E-state index is -1.65. The lowest BCUT2D eigenvalue weighted by atomic mass is 9.49. The molecular formula is C47H37ClFN3O6. The van der Waals surface area contributed by atoms with Gasteiger partial charge in [-0.1, -0.05) is 96.6 Å². The third-order valence-corrected chi connectivity index (χ3v) is 12.5. The largest absolute Gasteiger partial charge is 0.508 e. The number of hydrazine groups is 1. The maximum atomic E-state index is 15.4. The maximum Gasteiger partial charge on any atom is 0.260 e. The third-order valence-electron chi connectivity index (χ3n) is 12.2. The van der Waals surface area contributed by atoms with Crippen molar-refractivity contribution in [1.29, 1.82) is 0 Å². The number of benzene rings is 5. The highest BCUT2D eigenvalue weighted by atomic mass is 35.5. The van der Waals surface area contributed by atoms with Crippen molar-refractivity contribution in [3.05, 3.63) is 173 Å². The molecule has 2 aliphatic heterocycles. The van der Waals surface area contributed by atoms with Gasteiger partial charge in [-0.05, 0) is 90.0 Å². The Kier molecular flexibility index (Phi) is 9.24. The van der Waals surface area contributed by atoms with Gasteiger partial charge in [0.15, 0.2) is 0 Å². The fraction of sp³-hybridized carbons (Fsp3) is 0.191. The summed E-state index contributed by atoms with van der Waals surface area (Å²) in [6.45, 7) is 4.04. The van der Waals surface area contributed by atoms with Gasteiger partial charge in [-0.25, -0.2) is 4.39 Å². The highest BCUT2D eigenvalue weighted by Crippen LogP contribution is 2.65. The zero-order chi connectivity index (χ0) is 40.3. The number of imide groups is 2. The Labute approximate surface area is 339 Å². The summed E-state index contributed by atoms with van der Waals surface area (Å²) in [6.07, 6.45) is 3.86. The van der Waals surface area contributed by atoms with Crippen LogP contribution in [0.15, 0.2) is 140 Å². The van der Waals surface area contributed by atoms with Crippen LogP contribution in [0, 0.1) is 29.5 Å². The van der Waals surface area contributed by atoms with E-state index in [1.807, 2.05) is 36.4 Å².